The molecule has 0 aliphatic rings. The Labute approximate surface area is 85.7 Å². The summed E-state index contributed by atoms with van der Waals surface area (Å²) < 4.78 is 36.5. The highest BCUT2D eigenvalue weighted by molar-refractivity contribution is 5.85. The van der Waals surface area contributed by atoms with Gasteiger partial charge in [0.25, 0.3) is 0 Å². The average Bonchev–Trinajstić information content (AvgIpc) is 2.03. The summed E-state index contributed by atoms with van der Waals surface area (Å²) in [4.78, 5) is 3.73. The molecule has 6 heteroatoms. The fourth-order valence-electron chi connectivity index (χ4n) is 0.874. The van der Waals surface area contributed by atoms with Gasteiger partial charge in [-0.2, -0.15) is 13.2 Å². The molecule has 1 aromatic rings. The first kappa shape index (κ1) is 13.2. The van der Waals surface area contributed by atoms with E-state index in [0.717, 1.165) is 18.3 Å². The number of halogens is 4. The lowest BCUT2D eigenvalue weighted by Gasteiger charge is -2.09. The maximum Gasteiger partial charge on any atom is 0.416 e. The summed E-state index contributed by atoms with van der Waals surface area (Å²) in [5.74, 6) is 0. The summed E-state index contributed by atoms with van der Waals surface area (Å²) >= 11 is 0. The van der Waals surface area contributed by atoms with Crippen molar-refractivity contribution < 1.29 is 13.2 Å². The fourth-order valence-corrected chi connectivity index (χ4v) is 0.874. The van der Waals surface area contributed by atoms with E-state index in [1.54, 1.807) is 6.92 Å². The van der Waals surface area contributed by atoms with Gasteiger partial charge in [-0.05, 0) is 19.1 Å². The van der Waals surface area contributed by atoms with Gasteiger partial charge >= 0.3 is 6.18 Å². The summed E-state index contributed by atoms with van der Waals surface area (Å²) in [6.07, 6.45) is -3.21. The van der Waals surface area contributed by atoms with Crippen LogP contribution in [0.1, 0.15) is 24.2 Å². The van der Waals surface area contributed by atoms with Gasteiger partial charge in [0.05, 0.1) is 11.3 Å². The number of nitrogens with two attached hydrogens (primary N) is 1. The van der Waals surface area contributed by atoms with Gasteiger partial charge in [0.1, 0.15) is 0 Å². The molecule has 0 spiro atoms. The second-order valence-corrected chi connectivity index (χ2v) is 2.76. The Kier molecular flexibility index (Phi) is 4.35. The lowest BCUT2D eigenvalue weighted by atomic mass is 10.1. The number of pyridine rings is 1. The Morgan fingerprint density at radius 2 is 2.00 bits per heavy atom. The highest BCUT2D eigenvalue weighted by Gasteiger charge is 2.30. The van der Waals surface area contributed by atoms with Gasteiger partial charge in [-0.15, -0.1) is 12.4 Å². The number of nitrogens with zero attached hydrogens (tertiary/aromatic N) is 1. The number of aromatic nitrogens is 1. The van der Waals surface area contributed by atoms with Crippen LogP contribution in [0.25, 0.3) is 0 Å². The molecule has 2 nitrogen and oxygen atoms in total. The van der Waals surface area contributed by atoms with Crippen LogP contribution in [0.15, 0.2) is 18.3 Å². The van der Waals surface area contributed by atoms with Crippen LogP contribution in [-0.4, -0.2) is 4.98 Å². The highest BCUT2D eigenvalue weighted by atomic mass is 35.5. The molecule has 0 aliphatic heterocycles. The van der Waals surface area contributed by atoms with Crippen LogP contribution in [0.2, 0.25) is 0 Å². The first-order chi connectivity index (χ1) is 5.91. The summed E-state index contributed by atoms with van der Waals surface area (Å²) in [6.45, 7) is 1.59. The van der Waals surface area contributed by atoms with E-state index in [1.165, 1.54) is 0 Å². The zero-order chi connectivity index (χ0) is 10.1. The molecule has 14 heavy (non-hydrogen) atoms. The van der Waals surface area contributed by atoms with E-state index in [-0.39, 0.29) is 18.1 Å². The Balaban J connectivity index is 0.00000169. The minimum absolute atomic E-state index is 0. The molecule has 0 fully saturated rings. The lowest BCUT2D eigenvalue weighted by Crippen LogP contribution is -2.11. The van der Waals surface area contributed by atoms with E-state index in [0.29, 0.717) is 0 Å². The maximum atomic E-state index is 12.2. The van der Waals surface area contributed by atoms with Crippen molar-refractivity contribution in [3.63, 3.8) is 0 Å². The lowest BCUT2D eigenvalue weighted by molar-refractivity contribution is -0.137. The van der Waals surface area contributed by atoms with Gasteiger partial charge in [0.2, 0.25) is 0 Å². The average molecular weight is 227 g/mol. The monoisotopic (exact) mass is 226 g/mol. The summed E-state index contributed by atoms with van der Waals surface area (Å²) in [7, 11) is 0. The zero-order valence-corrected chi connectivity index (χ0v) is 8.19. The molecule has 0 bridgehead atoms. The molecule has 0 aromatic carbocycles. The van der Waals surface area contributed by atoms with Gasteiger partial charge in [-0.25, -0.2) is 0 Å². The molecular formula is C8H10ClF3N2. The predicted molar refractivity (Wildman–Crippen MR) is 49.1 cm³/mol. The second-order valence-electron chi connectivity index (χ2n) is 2.76. The third-order valence-corrected chi connectivity index (χ3v) is 1.57. The SMILES string of the molecule is C[C@@H](N)c1cc(C(F)(F)F)ccn1.Cl. The van der Waals surface area contributed by atoms with Gasteiger partial charge in [0, 0.05) is 12.2 Å². The highest BCUT2D eigenvalue weighted by Crippen LogP contribution is 2.29. The Morgan fingerprint density at radius 1 is 1.43 bits per heavy atom. The van der Waals surface area contributed by atoms with Crippen LogP contribution in [-0.2, 0) is 6.18 Å². The molecule has 0 saturated carbocycles. The maximum absolute atomic E-state index is 12.2. The third kappa shape index (κ3) is 3.16. The van der Waals surface area contributed by atoms with Crippen molar-refractivity contribution in [1.29, 1.82) is 0 Å². The van der Waals surface area contributed by atoms with E-state index < -0.39 is 17.8 Å². The molecule has 1 atom stereocenters. The first-order valence-corrected chi connectivity index (χ1v) is 3.70. The predicted octanol–water partition coefficient (Wildman–Crippen LogP) is 2.54. The summed E-state index contributed by atoms with van der Waals surface area (Å²) in [5.41, 5.74) is 4.93. The number of rotatable bonds is 1. The number of hydrogen-bond acceptors (Lipinski definition) is 2. The van der Waals surface area contributed by atoms with Gasteiger partial charge in [-0.1, -0.05) is 0 Å². The topological polar surface area (TPSA) is 38.9 Å². The third-order valence-electron chi connectivity index (χ3n) is 1.57. The van der Waals surface area contributed by atoms with Crippen molar-refractivity contribution in [3.05, 3.63) is 29.6 Å². The van der Waals surface area contributed by atoms with Gasteiger partial charge in [0.15, 0.2) is 0 Å². The molecule has 0 radical (unpaired) electrons. The van der Waals surface area contributed by atoms with Crippen molar-refractivity contribution >= 4 is 12.4 Å². The molecule has 0 unspecified atom stereocenters. The Bertz CT molecular complexity index is 299. The van der Waals surface area contributed by atoms with E-state index in [9.17, 15) is 13.2 Å². The Morgan fingerprint density at radius 3 is 2.43 bits per heavy atom. The molecule has 1 rings (SSSR count). The van der Waals surface area contributed by atoms with E-state index in [4.69, 9.17) is 5.73 Å². The zero-order valence-electron chi connectivity index (χ0n) is 7.38. The molecule has 2 N–H and O–H groups in total. The van der Waals surface area contributed by atoms with E-state index >= 15 is 0 Å². The number of hydrogen-bond donors (Lipinski definition) is 1. The van der Waals surface area contributed by atoms with Crippen LogP contribution < -0.4 is 5.73 Å². The largest absolute Gasteiger partial charge is 0.416 e. The quantitative estimate of drug-likeness (QED) is 0.799. The standard InChI is InChI=1S/C8H9F3N2.ClH/c1-5(12)7-4-6(2-3-13-7)8(9,10)11;/h2-5H,12H2,1H3;1H/t5-;/m1./s1. The summed E-state index contributed by atoms with van der Waals surface area (Å²) in [6, 6.07) is 1.40. The van der Waals surface area contributed by atoms with Crippen molar-refractivity contribution in [1.82, 2.24) is 4.98 Å². The van der Waals surface area contributed by atoms with Crippen LogP contribution >= 0.6 is 12.4 Å². The van der Waals surface area contributed by atoms with Crippen LogP contribution in [0.4, 0.5) is 13.2 Å². The van der Waals surface area contributed by atoms with Crippen molar-refractivity contribution in [2.45, 2.75) is 19.1 Å². The summed E-state index contributed by atoms with van der Waals surface area (Å²) in [5, 5.41) is 0. The van der Waals surface area contributed by atoms with Crippen molar-refractivity contribution in [2.24, 2.45) is 5.73 Å². The molecule has 0 aliphatic carbocycles. The smallest absolute Gasteiger partial charge is 0.323 e. The first-order valence-electron chi connectivity index (χ1n) is 3.70. The second kappa shape index (κ2) is 4.61. The van der Waals surface area contributed by atoms with Crippen LogP contribution in [0, 0.1) is 0 Å². The molecule has 80 valence electrons. The molecular weight excluding hydrogens is 217 g/mol. The van der Waals surface area contributed by atoms with Crippen molar-refractivity contribution in [2.75, 3.05) is 0 Å². The van der Waals surface area contributed by atoms with Crippen molar-refractivity contribution in [3.8, 4) is 0 Å². The molecule has 1 aromatic heterocycles. The molecule has 0 amide bonds. The number of alkyl halides is 3. The van der Waals surface area contributed by atoms with Gasteiger partial charge in [-0.3, -0.25) is 4.98 Å². The van der Waals surface area contributed by atoms with E-state index in [2.05, 4.69) is 4.98 Å². The van der Waals surface area contributed by atoms with E-state index in [1.807, 2.05) is 0 Å². The van der Waals surface area contributed by atoms with Crippen LogP contribution in [0.5, 0.6) is 0 Å². The minimum atomic E-state index is -4.33. The molecule has 1 heterocycles. The Hall–Kier alpha value is -0.810. The van der Waals surface area contributed by atoms with Gasteiger partial charge < -0.3 is 5.73 Å². The normalized spacial score (nSPS) is 13.2. The minimum Gasteiger partial charge on any atom is -0.323 e. The molecule has 0 saturated heterocycles. The van der Waals surface area contributed by atoms with Crippen LogP contribution in [0.3, 0.4) is 0 Å². The fraction of sp³-hybridized carbons (Fsp3) is 0.375.